The summed E-state index contributed by atoms with van der Waals surface area (Å²) in [7, 11) is 0. The lowest BCUT2D eigenvalue weighted by Gasteiger charge is -2.12. The lowest BCUT2D eigenvalue weighted by Crippen LogP contribution is -2.16. The molecule has 0 amide bonds. The number of benzene rings is 1. The molecule has 0 spiro atoms. The van der Waals surface area contributed by atoms with Crippen molar-refractivity contribution in [3.05, 3.63) is 51.9 Å². The van der Waals surface area contributed by atoms with Crippen LogP contribution in [-0.2, 0) is 6.54 Å². The lowest BCUT2D eigenvalue weighted by molar-refractivity contribution is 0.603. The fourth-order valence-corrected chi connectivity index (χ4v) is 3.60. The Morgan fingerprint density at radius 2 is 2.25 bits per heavy atom. The number of rotatable bonds is 3. The van der Waals surface area contributed by atoms with E-state index < -0.39 is 0 Å². The molecule has 1 aromatic carbocycles. The Balaban J connectivity index is 2.07. The zero-order valence-electron chi connectivity index (χ0n) is 10.8. The smallest absolute Gasteiger partial charge is 0.124 e. The summed E-state index contributed by atoms with van der Waals surface area (Å²) < 4.78 is 15.9. The molecule has 3 nitrogen and oxygen atoms in total. The molecular formula is C14H13ClFN3S. The van der Waals surface area contributed by atoms with Gasteiger partial charge < -0.3 is 5.73 Å². The highest BCUT2D eigenvalue weighted by Gasteiger charge is 2.20. The molecule has 1 unspecified atom stereocenters. The molecule has 20 heavy (non-hydrogen) atoms. The van der Waals surface area contributed by atoms with E-state index >= 15 is 0 Å². The number of halogens is 2. The summed E-state index contributed by atoms with van der Waals surface area (Å²) in [6.45, 7) is 2.69. The SMILES string of the molecule is CCn1ncc(Cl)c1C(N)c1cc2ccc(F)cc2s1. The zero-order valence-corrected chi connectivity index (χ0v) is 12.4. The van der Waals surface area contributed by atoms with E-state index in [0.29, 0.717) is 11.6 Å². The van der Waals surface area contributed by atoms with E-state index in [2.05, 4.69) is 5.10 Å². The minimum Gasteiger partial charge on any atom is -0.318 e. The topological polar surface area (TPSA) is 43.8 Å². The molecule has 0 saturated heterocycles. The number of hydrogen-bond acceptors (Lipinski definition) is 3. The average molecular weight is 310 g/mol. The Morgan fingerprint density at radius 1 is 1.45 bits per heavy atom. The summed E-state index contributed by atoms with van der Waals surface area (Å²) in [5.74, 6) is -0.240. The highest BCUT2D eigenvalue weighted by atomic mass is 35.5. The minimum atomic E-state index is -0.356. The molecule has 0 radical (unpaired) electrons. The van der Waals surface area contributed by atoms with E-state index in [1.165, 1.54) is 23.5 Å². The van der Waals surface area contributed by atoms with Gasteiger partial charge in [0.25, 0.3) is 0 Å². The summed E-state index contributed by atoms with van der Waals surface area (Å²) in [4.78, 5) is 0.947. The second kappa shape index (κ2) is 5.16. The first-order valence-corrected chi connectivity index (χ1v) is 7.45. The maximum absolute atomic E-state index is 13.2. The van der Waals surface area contributed by atoms with Gasteiger partial charge in [-0.2, -0.15) is 5.10 Å². The number of thiophene rings is 1. The molecule has 6 heteroatoms. The Hall–Kier alpha value is -1.43. The van der Waals surface area contributed by atoms with Crippen molar-refractivity contribution in [3.8, 4) is 0 Å². The molecule has 2 aromatic heterocycles. The van der Waals surface area contributed by atoms with Crippen LogP contribution < -0.4 is 5.73 Å². The Morgan fingerprint density at radius 3 is 3.00 bits per heavy atom. The van der Waals surface area contributed by atoms with Crippen LogP contribution in [0, 0.1) is 5.82 Å². The van der Waals surface area contributed by atoms with Gasteiger partial charge in [-0.1, -0.05) is 17.7 Å². The van der Waals surface area contributed by atoms with E-state index in [1.807, 2.05) is 13.0 Å². The molecular weight excluding hydrogens is 297 g/mol. The fourth-order valence-electron chi connectivity index (χ4n) is 2.25. The van der Waals surface area contributed by atoms with Crippen LogP contribution in [0.5, 0.6) is 0 Å². The van der Waals surface area contributed by atoms with E-state index in [1.54, 1.807) is 16.9 Å². The molecule has 0 saturated carbocycles. The standard InChI is InChI=1S/C14H13ClFN3S/c1-2-19-14(10(15)7-18-19)13(17)12-5-8-3-4-9(16)6-11(8)20-12/h3-7,13H,2,17H2,1H3. The summed E-state index contributed by atoms with van der Waals surface area (Å²) >= 11 is 7.65. The Bertz CT molecular complexity index is 765. The molecule has 3 rings (SSSR count). The van der Waals surface area contributed by atoms with Crippen molar-refractivity contribution in [3.63, 3.8) is 0 Å². The van der Waals surface area contributed by atoms with Crippen LogP contribution in [0.25, 0.3) is 10.1 Å². The second-order valence-electron chi connectivity index (χ2n) is 4.50. The van der Waals surface area contributed by atoms with Crippen LogP contribution >= 0.6 is 22.9 Å². The van der Waals surface area contributed by atoms with Crippen LogP contribution in [0.4, 0.5) is 4.39 Å². The minimum absolute atomic E-state index is 0.240. The molecule has 0 aliphatic rings. The number of hydrogen-bond donors (Lipinski definition) is 1. The molecule has 2 heterocycles. The van der Waals surface area contributed by atoms with E-state index in [0.717, 1.165) is 20.7 Å². The summed E-state index contributed by atoms with van der Waals surface area (Å²) in [5, 5.41) is 5.74. The van der Waals surface area contributed by atoms with Gasteiger partial charge in [0.15, 0.2) is 0 Å². The van der Waals surface area contributed by atoms with Gasteiger partial charge in [-0.25, -0.2) is 4.39 Å². The number of aryl methyl sites for hydroxylation is 1. The maximum Gasteiger partial charge on any atom is 0.124 e. The number of nitrogens with zero attached hydrogens (tertiary/aromatic N) is 2. The molecule has 1 atom stereocenters. The van der Waals surface area contributed by atoms with Crippen molar-refractivity contribution in [1.82, 2.24) is 9.78 Å². The van der Waals surface area contributed by atoms with Gasteiger partial charge in [0.2, 0.25) is 0 Å². The third kappa shape index (κ3) is 2.22. The first-order chi connectivity index (χ1) is 9.60. The lowest BCUT2D eigenvalue weighted by atomic mass is 10.1. The van der Waals surface area contributed by atoms with Crippen LogP contribution in [0.2, 0.25) is 5.02 Å². The summed E-state index contributed by atoms with van der Waals surface area (Å²) in [6, 6.07) is 6.36. The molecule has 0 fully saturated rings. The quantitative estimate of drug-likeness (QED) is 0.796. The third-order valence-corrected chi connectivity index (χ3v) is 4.71. The maximum atomic E-state index is 13.2. The van der Waals surface area contributed by atoms with Crippen molar-refractivity contribution in [1.29, 1.82) is 0 Å². The van der Waals surface area contributed by atoms with Crippen LogP contribution in [-0.4, -0.2) is 9.78 Å². The van der Waals surface area contributed by atoms with Gasteiger partial charge in [0.05, 0.1) is 23.0 Å². The van der Waals surface area contributed by atoms with E-state index in [9.17, 15) is 4.39 Å². The zero-order chi connectivity index (χ0) is 14.3. The van der Waals surface area contributed by atoms with Crippen molar-refractivity contribution >= 4 is 33.0 Å². The Kier molecular flexibility index (Phi) is 3.50. The van der Waals surface area contributed by atoms with E-state index in [4.69, 9.17) is 17.3 Å². The fraction of sp³-hybridized carbons (Fsp3) is 0.214. The van der Waals surface area contributed by atoms with Gasteiger partial charge >= 0.3 is 0 Å². The summed E-state index contributed by atoms with van der Waals surface area (Å²) in [5.41, 5.74) is 7.10. The molecule has 104 valence electrons. The normalized spacial score (nSPS) is 13.0. The average Bonchev–Trinajstić information content (AvgIpc) is 3.00. The van der Waals surface area contributed by atoms with E-state index in [-0.39, 0.29) is 11.9 Å². The monoisotopic (exact) mass is 309 g/mol. The Labute approximate surface area is 124 Å². The van der Waals surface area contributed by atoms with Gasteiger partial charge in [0, 0.05) is 16.1 Å². The highest BCUT2D eigenvalue weighted by Crippen LogP contribution is 2.34. The first kappa shape index (κ1) is 13.5. The molecule has 0 aliphatic heterocycles. The number of fused-ring (bicyclic) bond motifs is 1. The first-order valence-electron chi connectivity index (χ1n) is 6.26. The summed E-state index contributed by atoms with van der Waals surface area (Å²) in [6.07, 6.45) is 1.60. The van der Waals surface area contributed by atoms with Crippen molar-refractivity contribution in [2.45, 2.75) is 19.5 Å². The van der Waals surface area contributed by atoms with Crippen LogP contribution in [0.3, 0.4) is 0 Å². The van der Waals surface area contributed by atoms with Crippen molar-refractivity contribution in [2.75, 3.05) is 0 Å². The predicted octanol–water partition coefficient (Wildman–Crippen LogP) is 3.96. The predicted molar refractivity (Wildman–Crippen MR) is 80.7 cm³/mol. The van der Waals surface area contributed by atoms with Gasteiger partial charge in [-0.05, 0) is 30.5 Å². The van der Waals surface area contributed by atoms with Gasteiger partial charge in [0.1, 0.15) is 5.82 Å². The largest absolute Gasteiger partial charge is 0.318 e. The molecule has 0 aliphatic carbocycles. The van der Waals surface area contributed by atoms with Crippen LogP contribution in [0.1, 0.15) is 23.5 Å². The van der Waals surface area contributed by atoms with Gasteiger partial charge in [-0.15, -0.1) is 11.3 Å². The number of nitrogens with two attached hydrogens (primary N) is 1. The number of aromatic nitrogens is 2. The molecule has 0 bridgehead atoms. The molecule has 2 N–H and O–H groups in total. The highest BCUT2D eigenvalue weighted by molar-refractivity contribution is 7.19. The van der Waals surface area contributed by atoms with Crippen LogP contribution in [0.15, 0.2) is 30.5 Å². The third-order valence-electron chi connectivity index (χ3n) is 3.24. The molecule has 3 aromatic rings. The van der Waals surface area contributed by atoms with Gasteiger partial charge in [-0.3, -0.25) is 4.68 Å². The van der Waals surface area contributed by atoms with Crippen molar-refractivity contribution < 1.29 is 4.39 Å². The van der Waals surface area contributed by atoms with Crippen molar-refractivity contribution in [2.24, 2.45) is 5.73 Å². The second-order valence-corrected chi connectivity index (χ2v) is 6.02.